The maximum Gasteiger partial charge on any atom is 0.257 e. The van der Waals surface area contributed by atoms with Crippen LogP contribution < -0.4 is 5.56 Å². The molecule has 3 rings (SSSR count). The molecule has 0 aromatic carbocycles. The highest BCUT2D eigenvalue weighted by atomic mass is 16.5. The van der Waals surface area contributed by atoms with Crippen LogP contribution in [0.25, 0.3) is 10.9 Å². The molecule has 3 N–H and O–H groups in total. The molecule has 0 aliphatic carbocycles. The van der Waals surface area contributed by atoms with E-state index in [-0.39, 0.29) is 18.4 Å². The van der Waals surface area contributed by atoms with Crippen molar-refractivity contribution >= 4 is 10.9 Å². The summed E-state index contributed by atoms with van der Waals surface area (Å²) in [4.78, 5) is 14.2. The number of aromatic nitrogens is 2. The number of aromatic amines is 1. The van der Waals surface area contributed by atoms with E-state index in [0.29, 0.717) is 11.8 Å². The van der Waals surface area contributed by atoms with Crippen LogP contribution in [0.5, 0.6) is 0 Å². The first-order valence-electron chi connectivity index (χ1n) is 5.83. The van der Waals surface area contributed by atoms with Crippen LogP contribution in [0.3, 0.4) is 0 Å². The van der Waals surface area contributed by atoms with Gasteiger partial charge in [0.2, 0.25) is 0 Å². The molecule has 1 saturated heterocycles. The summed E-state index contributed by atoms with van der Waals surface area (Å²) in [6.07, 6.45) is 2.15. The maximum absolute atomic E-state index is 11.6. The van der Waals surface area contributed by atoms with Crippen molar-refractivity contribution in [3.8, 4) is 0 Å². The highest BCUT2D eigenvalue weighted by Crippen LogP contribution is 2.30. The molecular formula is C12H14N2O4. The van der Waals surface area contributed by atoms with Gasteiger partial charge in [-0.15, -0.1) is 0 Å². The molecule has 6 heteroatoms. The number of nitrogens with zero attached hydrogens (tertiary/aromatic N) is 1. The van der Waals surface area contributed by atoms with Crippen molar-refractivity contribution in [1.82, 2.24) is 9.55 Å². The first kappa shape index (κ1) is 11.5. The number of pyridine rings is 1. The second-order valence-electron chi connectivity index (χ2n) is 4.44. The topological polar surface area (TPSA) is 87.5 Å². The Bertz CT molecular complexity index is 618. The lowest BCUT2D eigenvalue weighted by Crippen LogP contribution is -2.24. The van der Waals surface area contributed by atoms with Gasteiger partial charge in [0.05, 0.1) is 23.6 Å². The summed E-state index contributed by atoms with van der Waals surface area (Å²) in [7, 11) is 0. The van der Waals surface area contributed by atoms with Crippen molar-refractivity contribution < 1.29 is 14.9 Å². The number of aliphatic hydroxyl groups is 2. The molecule has 0 spiro atoms. The molecule has 2 aromatic heterocycles. The summed E-state index contributed by atoms with van der Waals surface area (Å²) >= 11 is 0. The molecule has 1 aliphatic heterocycles. The average Bonchev–Trinajstić information content (AvgIpc) is 2.93. The van der Waals surface area contributed by atoms with Crippen molar-refractivity contribution in [3.63, 3.8) is 0 Å². The number of aliphatic hydroxyl groups excluding tert-OH is 2. The zero-order valence-electron chi connectivity index (χ0n) is 9.61. The van der Waals surface area contributed by atoms with Gasteiger partial charge >= 0.3 is 0 Å². The summed E-state index contributed by atoms with van der Waals surface area (Å²) in [6.45, 7) is -0.211. The normalized spacial score (nSPS) is 28.0. The first-order valence-corrected chi connectivity index (χ1v) is 5.83. The van der Waals surface area contributed by atoms with Crippen LogP contribution in [0.1, 0.15) is 12.6 Å². The molecule has 1 fully saturated rings. The van der Waals surface area contributed by atoms with Crippen molar-refractivity contribution in [1.29, 1.82) is 0 Å². The van der Waals surface area contributed by atoms with Gasteiger partial charge in [-0.05, 0) is 12.1 Å². The fourth-order valence-corrected chi connectivity index (χ4v) is 2.40. The van der Waals surface area contributed by atoms with Crippen LogP contribution in [0, 0.1) is 0 Å². The predicted octanol–water partition coefficient (Wildman–Crippen LogP) is -0.0297. The van der Waals surface area contributed by atoms with E-state index in [2.05, 4.69) is 4.98 Å². The fourth-order valence-electron chi connectivity index (χ4n) is 2.40. The van der Waals surface area contributed by atoms with E-state index >= 15 is 0 Å². The molecule has 3 heterocycles. The minimum Gasteiger partial charge on any atom is -0.394 e. The van der Waals surface area contributed by atoms with Gasteiger partial charge in [0.15, 0.2) is 0 Å². The van der Waals surface area contributed by atoms with Gasteiger partial charge in [0, 0.05) is 18.8 Å². The highest BCUT2D eigenvalue weighted by molar-refractivity contribution is 5.78. The average molecular weight is 250 g/mol. The Balaban J connectivity index is 2.01. The van der Waals surface area contributed by atoms with E-state index in [4.69, 9.17) is 9.84 Å². The van der Waals surface area contributed by atoms with E-state index in [1.54, 1.807) is 24.5 Å². The van der Waals surface area contributed by atoms with Gasteiger partial charge in [-0.1, -0.05) is 0 Å². The lowest BCUT2D eigenvalue weighted by Gasteiger charge is -2.14. The third-order valence-corrected chi connectivity index (χ3v) is 3.35. The number of ether oxygens (including phenoxy) is 1. The van der Waals surface area contributed by atoms with Crippen molar-refractivity contribution in [3.05, 3.63) is 34.9 Å². The number of nitrogens with one attached hydrogen (secondary N) is 1. The van der Waals surface area contributed by atoms with Crippen LogP contribution in [0.4, 0.5) is 0 Å². The van der Waals surface area contributed by atoms with Gasteiger partial charge in [-0.3, -0.25) is 4.79 Å². The molecular weight excluding hydrogens is 236 g/mol. The molecule has 96 valence electrons. The molecule has 18 heavy (non-hydrogen) atoms. The molecule has 0 bridgehead atoms. The minimum atomic E-state index is -0.681. The Morgan fingerprint density at radius 1 is 1.50 bits per heavy atom. The summed E-state index contributed by atoms with van der Waals surface area (Å²) < 4.78 is 7.37. The Labute approximate surface area is 102 Å². The molecule has 3 atom stereocenters. The second kappa shape index (κ2) is 4.24. The van der Waals surface area contributed by atoms with Gasteiger partial charge in [-0.25, -0.2) is 0 Å². The Morgan fingerprint density at radius 2 is 2.33 bits per heavy atom. The van der Waals surface area contributed by atoms with E-state index < -0.39 is 12.2 Å². The molecule has 3 unspecified atom stereocenters. The largest absolute Gasteiger partial charge is 0.394 e. The highest BCUT2D eigenvalue weighted by Gasteiger charge is 2.34. The number of rotatable bonds is 2. The minimum absolute atomic E-state index is 0.150. The van der Waals surface area contributed by atoms with Crippen LogP contribution >= 0.6 is 0 Å². The van der Waals surface area contributed by atoms with Crippen LogP contribution in [-0.2, 0) is 4.74 Å². The van der Waals surface area contributed by atoms with Gasteiger partial charge in [-0.2, -0.15) is 0 Å². The zero-order valence-corrected chi connectivity index (χ0v) is 9.61. The summed E-state index contributed by atoms with van der Waals surface area (Å²) in [5, 5.41) is 19.4. The lowest BCUT2D eigenvalue weighted by atomic mass is 10.2. The SMILES string of the molecule is O=c1[nH]ccc2c1ccn2C1CC(O)C(CO)O1. The van der Waals surface area contributed by atoms with E-state index in [1.807, 2.05) is 4.57 Å². The number of fused-ring (bicyclic) bond motifs is 1. The standard InChI is InChI=1S/C12H14N2O4/c15-6-10-9(16)5-11(18-10)14-4-2-7-8(14)1-3-13-12(7)17/h1-4,9-11,15-16H,5-6H2,(H,13,17). The van der Waals surface area contributed by atoms with Gasteiger partial charge in [0.1, 0.15) is 12.3 Å². The molecule has 2 aromatic rings. The summed E-state index contributed by atoms with van der Waals surface area (Å²) in [5.41, 5.74) is 0.609. The van der Waals surface area contributed by atoms with Crippen LogP contribution in [-0.4, -0.2) is 38.6 Å². The third-order valence-electron chi connectivity index (χ3n) is 3.35. The van der Waals surface area contributed by atoms with Gasteiger partial charge in [0.25, 0.3) is 5.56 Å². The fraction of sp³-hybridized carbons (Fsp3) is 0.417. The molecule has 1 aliphatic rings. The lowest BCUT2D eigenvalue weighted by molar-refractivity contribution is -0.0429. The van der Waals surface area contributed by atoms with Crippen molar-refractivity contribution in [2.45, 2.75) is 24.9 Å². The first-order chi connectivity index (χ1) is 8.70. The third kappa shape index (κ3) is 1.66. The van der Waals surface area contributed by atoms with E-state index in [1.165, 1.54) is 0 Å². The molecule has 0 radical (unpaired) electrons. The summed E-state index contributed by atoms with van der Waals surface area (Å²) in [6, 6.07) is 3.51. The Morgan fingerprint density at radius 3 is 3.06 bits per heavy atom. The Hall–Kier alpha value is -1.63. The van der Waals surface area contributed by atoms with E-state index in [9.17, 15) is 9.90 Å². The molecule has 0 saturated carbocycles. The van der Waals surface area contributed by atoms with Crippen molar-refractivity contribution in [2.24, 2.45) is 0 Å². The summed E-state index contributed by atoms with van der Waals surface area (Å²) in [5.74, 6) is 0. The van der Waals surface area contributed by atoms with Crippen LogP contribution in [0.2, 0.25) is 0 Å². The predicted molar refractivity (Wildman–Crippen MR) is 64.2 cm³/mol. The smallest absolute Gasteiger partial charge is 0.257 e. The zero-order chi connectivity index (χ0) is 12.7. The number of hydrogen-bond donors (Lipinski definition) is 3. The number of hydrogen-bond acceptors (Lipinski definition) is 4. The molecule has 0 amide bonds. The second-order valence-corrected chi connectivity index (χ2v) is 4.44. The Kier molecular flexibility index (Phi) is 2.70. The van der Waals surface area contributed by atoms with Crippen molar-refractivity contribution in [2.75, 3.05) is 6.61 Å². The molecule has 6 nitrogen and oxygen atoms in total. The monoisotopic (exact) mass is 250 g/mol. The quantitative estimate of drug-likeness (QED) is 0.698. The van der Waals surface area contributed by atoms with Gasteiger partial charge < -0.3 is 24.5 Å². The number of H-pyrrole nitrogens is 1. The maximum atomic E-state index is 11.6. The van der Waals surface area contributed by atoms with Crippen LogP contribution in [0.15, 0.2) is 29.3 Å². The van der Waals surface area contributed by atoms with E-state index in [0.717, 1.165) is 5.52 Å².